The van der Waals surface area contributed by atoms with Crippen molar-refractivity contribution in [1.29, 1.82) is 0 Å². The van der Waals surface area contributed by atoms with Crippen LogP contribution in [0.1, 0.15) is 29.0 Å². The van der Waals surface area contributed by atoms with Crippen LogP contribution in [0.3, 0.4) is 0 Å². The second kappa shape index (κ2) is 4.70. The van der Waals surface area contributed by atoms with Crippen molar-refractivity contribution in [2.24, 2.45) is 5.92 Å². The number of carbonyl (C=O) groups excluding carboxylic acids is 1. The van der Waals surface area contributed by atoms with Gasteiger partial charge in [-0.05, 0) is 25.5 Å². The monoisotopic (exact) mass is 264 g/mol. The highest BCUT2D eigenvalue weighted by Crippen LogP contribution is 2.29. The molecule has 2 N–H and O–H groups in total. The lowest BCUT2D eigenvalue weighted by atomic mass is 9.91. The first-order valence-electron chi connectivity index (χ1n) is 6.48. The fourth-order valence-corrected chi connectivity index (χ4v) is 3.10. The number of fused-ring (bicyclic) bond motifs is 1. The Morgan fingerprint density at radius 2 is 2.42 bits per heavy atom. The van der Waals surface area contributed by atoms with Crippen LogP contribution in [0, 0.1) is 5.92 Å². The number of aromatic carboxylic acids is 1. The van der Waals surface area contributed by atoms with E-state index < -0.39 is 5.97 Å². The Labute approximate surface area is 110 Å². The average Bonchev–Trinajstić information content (AvgIpc) is 2.98. The maximum atomic E-state index is 11.7. The van der Waals surface area contributed by atoms with Crippen molar-refractivity contribution >= 4 is 11.9 Å². The molecule has 6 heteroatoms. The molecule has 0 bridgehead atoms. The third kappa shape index (κ3) is 2.12. The normalized spacial score (nSPS) is 27.1. The largest absolute Gasteiger partial charge is 0.475 e. The first kappa shape index (κ1) is 12.2. The number of nitrogens with zero attached hydrogens (tertiary/aromatic N) is 1. The molecule has 0 aliphatic carbocycles. The van der Waals surface area contributed by atoms with Crippen molar-refractivity contribution in [3.8, 4) is 0 Å². The molecule has 2 aliphatic rings. The number of rotatable bonds is 3. The van der Waals surface area contributed by atoms with Gasteiger partial charge in [0.1, 0.15) is 0 Å². The van der Waals surface area contributed by atoms with E-state index in [4.69, 9.17) is 9.52 Å². The van der Waals surface area contributed by atoms with Crippen LogP contribution in [0.2, 0.25) is 0 Å². The lowest BCUT2D eigenvalue weighted by Crippen LogP contribution is -2.45. The van der Waals surface area contributed by atoms with Crippen LogP contribution < -0.4 is 5.32 Å². The molecule has 1 aromatic rings. The van der Waals surface area contributed by atoms with Gasteiger partial charge in [-0.1, -0.05) is 0 Å². The second-order valence-electron chi connectivity index (χ2n) is 5.11. The van der Waals surface area contributed by atoms with Gasteiger partial charge in [-0.25, -0.2) is 4.79 Å². The van der Waals surface area contributed by atoms with E-state index in [1.165, 1.54) is 6.26 Å². The van der Waals surface area contributed by atoms with Gasteiger partial charge in [0, 0.05) is 24.7 Å². The summed E-state index contributed by atoms with van der Waals surface area (Å²) in [4.78, 5) is 24.9. The van der Waals surface area contributed by atoms with Gasteiger partial charge in [-0.15, -0.1) is 0 Å². The number of carbonyl (C=O) groups is 2. The first-order valence-corrected chi connectivity index (χ1v) is 6.48. The van der Waals surface area contributed by atoms with Crippen molar-refractivity contribution < 1.29 is 19.1 Å². The highest BCUT2D eigenvalue weighted by molar-refractivity contribution is 5.86. The van der Waals surface area contributed by atoms with Crippen LogP contribution in [0.15, 0.2) is 16.7 Å². The van der Waals surface area contributed by atoms with Crippen LogP contribution in [0.5, 0.6) is 0 Å². The Hall–Kier alpha value is -1.82. The zero-order valence-corrected chi connectivity index (χ0v) is 10.5. The summed E-state index contributed by atoms with van der Waals surface area (Å²) in [5, 5.41) is 11.9. The third-order valence-electron chi connectivity index (χ3n) is 4.03. The summed E-state index contributed by atoms with van der Waals surface area (Å²) in [7, 11) is 0. The molecule has 6 nitrogen and oxygen atoms in total. The molecule has 0 radical (unpaired) electrons. The molecule has 0 saturated carbocycles. The van der Waals surface area contributed by atoms with Gasteiger partial charge in [0.25, 0.3) is 0 Å². The summed E-state index contributed by atoms with van der Waals surface area (Å²) in [6, 6.07) is 1.87. The number of carboxylic acid groups (broad SMARTS) is 1. The number of likely N-dealkylation sites (tertiary alicyclic amines) is 1. The summed E-state index contributed by atoms with van der Waals surface area (Å²) >= 11 is 0. The van der Waals surface area contributed by atoms with E-state index in [1.54, 1.807) is 6.07 Å². The van der Waals surface area contributed by atoms with Gasteiger partial charge in [0.2, 0.25) is 11.7 Å². The highest BCUT2D eigenvalue weighted by atomic mass is 16.4. The van der Waals surface area contributed by atoms with Crippen molar-refractivity contribution in [3.05, 3.63) is 23.7 Å². The van der Waals surface area contributed by atoms with Crippen LogP contribution >= 0.6 is 0 Å². The summed E-state index contributed by atoms with van der Waals surface area (Å²) < 4.78 is 4.99. The van der Waals surface area contributed by atoms with Gasteiger partial charge in [-0.2, -0.15) is 0 Å². The van der Waals surface area contributed by atoms with E-state index in [2.05, 4.69) is 10.2 Å². The van der Waals surface area contributed by atoms with Crippen LogP contribution in [0.25, 0.3) is 0 Å². The minimum Gasteiger partial charge on any atom is -0.475 e. The lowest BCUT2D eigenvalue weighted by molar-refractivity contribution is -0.124. The van der Waals surface area contributed by atoms with E-state index >= 15 is 0 Å². The fourth-order valence-electron chi connectivity index (χ4n) is 3.10. The Morgan fingerprint density at radius 1 is 1.58 bits per heavy atom. The maximum absolute atomic E-state index is 11.7. The molecule has 0 spiro atoms. The molecule has 2 unspecified atom stereocenters. The van der Waals surface area contributed by atoms with E-state index in [0.717, 1.165) is 19.4 Å². The van der Waals surface area contributed by atoms with Crippen molar-refractivity contribution in [3.63, 3.8) is 0 Å². The number of hydrogen-bond donors (Lipinski definition) is 2. The van der Waals surface area contributed by atoms with Crippen LogP contribution in [0.4, 0.5) is 0 Å². The lowest BCUT2D eigenvalue weighted by Gasteiger charge is -2.35. The zero-order valence-electron chi connectivity index (χ0n) is 10.5. The highest BCUT2D eigenvalue weighted by Gasteiger charge is 2.40. The summed E-state index contributed by atoms with van der Waals surface area (Å²) in [6.45, 7) is 2.07. The maximum Gasteiger partial charge on any atom is 0.372 e. The SMILES string of the molecule is O=C(O)c1occc1CN1CCCC2C(=O)NCC21. The smallest absolute Gasteiger partial charge is 0.372 e. The number of amides is 1. The Bertz CT molecular complexity index is 510. The number of piperidine rings is 1. The molecule has 1 amide bonds. The van der Waals surface area contributed by atoms with E-state index in [0.29, 0.717) is 18.7 Å². The Kier molecular flexibility index (Phi) is 3.02. The average molecular weight is 264 g/mol. The van der Waals surface area contributed by atoms with Gasteiger partial charge in [0.05, 0.1) is 12.2 Å². The minimum atomic E-state index is -1.05. The van der Waals surface area contributed by atoms with Gasteiger partial charge in [-0.3, -0.25) is 9.69 Å². The molecule has 102 valence electrons. The Balaban J connectivity index is 1.77. The predicted octanol–water partition coefficient (Wildman–Crippen LogP) is 0.688. The van der Waals surface area contributed by atoms with Gasteiger partial charge < -0.3 is 14.8 Å². The molecule has 3 heterocycles. The predicted molar refractivity (Wildman–Crippen MR) is 65.6 cm³/mol. The van der Waals surface area contributed by atoms with Crippen molar-refractivity contribution in [2.45, 2.75) is 25.4 Å². The molecule has 3 rings (SSSR count). The van der Waals surface area contributed by atoms with Crippen molar-refractivity contribution in [2.75, 3.05) is 13.1 Å². The first-order chi connectivity index (χ1) is 9.16. The number of nitrogens with one attached hydrogen (secondary N) is 1. The molecule has 0 aromatic carbocycles. The minimum absolute atomic E-state index is 0.000550. The molecule has 2 aliphatic heterocycles. The Morgan fingerprint density at radius 3 is 3.21 bits per heavy atom. The molecule has 2 saturated heterocycles. The molecule has 19 heavy (non-hydrogen) atoms. The molecule has 2 fully saturated rings. The zero-order chi connectivity index (χ0) is 13.4. The van der Waals surface area contributed by atoms with E-state index in [9.17, 15) is 9.59 Å². The van der Waals surface area contributed by atoms with E-state index in [-0.39, 0.29) is 23.6 Å². The number of furan rings is 1. The quantitative estimate of drug-likeness (QED) is 0.839. The van der Waals surface area contributed by atoms with Crippen molar-refractivity contribution in [1.82, 2.24) is 10.2 Å². The number of carboxylic acids is 1. The van der Waals surface area contributed by atoms with Crippen LogP contribution in [-0.2, 0) is 11.3 Å². The number of hydrogen-bond acceptors (Lipinski definition) is 4. The topological polar surface area (TPSA) is 82.8 Å². The third-order valence-corrected chi connectivity index (χ3v) is 4.03. The summed E-state index contributed by atoms with van der Waals surface area (Å²) in [5.41, 5.74) is 0.674. The van der Waals surface area contributed by atoms with Gasteiger partial charge in [0.15, 0.2) is 0 Å². The molecule has 2 atom stereocenters. The van der Waals surface area contributed by atoms with Gasteiger partial charge >= 0.3 is 5.97 Å². The summed E-state index contributed by atoms with van der Waals surface area (Å²) in [6.07, 6.45) is 3.29. The molecular formula is C13H16N2O4. The van der Waals surface area contributed by atoms with E-state index in [1.807, 2.05) is 0 Å². The molecule has 1 aromatic heterocycles. The summed E-state index contributed by atoms with van der Waals surface area (Å²) in [5.74, 6) is -0.872. The van der Waals surface area contributed by atoms with Crippen LogP contribution in [-0.4, -0.2) is 41.0 Å². The second-order valence-corrected chi connectivity index (χ2v) is 5.11. The fraction of sp³-hybridized carbons (Fsp3) is 0.538. The standard InChI is InChI=1S/C13H16N2O4/c16-12-9-2-1-4-15(10(9)6-14-12)7-8-3-5-19-11(8)13(17)18/h3,5,9-10H,1-2,4,6-7H2,(H,14,16)(H,17,18). The molecular weight excluding hydrogens is 248 g/mol.